The van der Waals surface area contributed by atoms with Gasteiger partial charge in [-0.2, -0.15) is 0 Å². The summed E-state index contributed by atoms with van der Waals surface area (Å²) in [4.78, 5) is 11.3. The van der Waals surface area contributed by atoms with Crippen molar-refractivity contribution >= 4 is 5.97 Å². The van der Waals surface area contributed by atoms with Gasteiger partial charge in [-0.3, -0.25) is 0 Å². The first-order valence-corrected chi connectivity index (χ1v) is 6.29. The lowest BCUT2D eigenvalue weighted by Gasteiger charge is -2.23. The van der Waals surface area contributed by atoms with E-state index in [9.17, 15) is 4.79 Å². The molecular weight excluding hydrogens is 230 g/mol. The molecule has 1 aliphatic rings. The van der Waals surface area contributed by atoms with E-state index < -0.39 is 0 Å². The Morgan fingerprint density at radius 2 is 2.17 bits per heavy atom. The zero-order valence-electron chi connectivity index (χ0n) is 10.6. The number of ether oxygens (including phenoxy) is 2. The van der Waals surface area contributed by atoms with E-state index in [1.807, 2.05) is 12.1 Å². The first kappa shape index (κ1) is 13.1. The highest BCUT2D eigenvalue weighted by molar-refractivity contribution is 5.89. The maximum Gasteiger partial charge on any atom is 0.337 e. The van der Waals surface area contributed by atoms with Crippen LogP contribution in [0, 0.1) is 0 Å². The highest BCUT2D eigenvalue weighted by Crippen LogP contribution is 2.11. The molecule has 98 valence electrons. The molecule has 0 unspecified atom stereocenters. The second kappa shape index (κ2) is 6.52. The Morgan fingerprint density at radius 3 is 2.78 bits per heavy atom. The Kier molecular flexibility index (Phi) is 4.73. The van der Waals surface area contributed by atoms with Gasteiger partial charge in [0.1, 0.15) is 0 Å². The van der Waals surface area contributed by atoms with E-state index in [2.05, 4.69) is 10.1 Å². The molecule has 0 bridgehead atoms. The fraction of sp³-hybridized carbons (Fsp3) is 0.500. The van der Waals surface area contributed by atoms with Crippen molar-refractivity contribution in [2.45, 2.75) is 25.6 Å². The Bertz CT molecular complexity index is 383. The Balaban J connectivity index is 1.84. The highest BCUT2D eigenvalue weighted by atomic mass is 16.5. The van der Waals surface area contributed by atoms with Gasteiger partial charge in [0.25, 0.3) is 0 Å². The number of nitrogens with one attached hydrogen (secondary N) is 1. The van der Waals surface area contributed by atoms with Crippen LogP contribution in [-0.2, 0) is 16.1 Å². The Labute approximate surface area is 107 Å². The molecule has 2 rings (SSSR count). The topological polar surface area (TPSA) is 47.6 Å². The number of esters is 1. The van der Waals surface area contributed by atoms with Crippen LogP contribution in [0.5, 0.6) is 0 Å². The second-order valence-corrected chi connectivity index (χ2v) is 4.47. The van der Waals surface area contributed by atoms with E-state index in [-0.39, 0.29) is 5.97 Å². The van der Waals surface area contributed by atoms with Crippen molar-refractivity contribution in [3.05, 3.63) is 35.4 Å². The van der Waals surface area contributed by atoms with Crippen LogP contribution in [0.25, 0.3) is 0 Å². The summed E-state index contributed by atoms with van der Waals surface area (Å²) in [5, 5.41) is 3.32. The molecule has 0 saturated carbocycles. The van der Waals surface area contributed by atoms with E-state index >= 15 is 0 Å². The third-order valence-corrected chi connectivity index (χ3v) is 3.11. The summed E-state index contributed by atoms with van der Waals surface area (Å²) in [6.07, 6.45) is 2.60. The van der Waals surface area contributed by atoms with Crippen LogP contribution in [0.3, 0.4) is 0 Å². The largest absolute Gasteiger partial charge is 0.465 e. The van der Waals surface area contributed by atoms with Crippen LogP contribution >= 0.6 is 0 Å². The number of benzene rings is 1. The van der Waals surface area contributed by atoms with Gasteiger partial charge in [0.05, 0.1) is 25.4 Å². The molecule has 1 fully saturated rings. The number of hydrogen-bond donors (Lipinski definition) is 1. The third-order valence-electron chi connectivity index (χ3n) is 3.11. The molecule has 0 aliphatic carbocycles. The standard InChI is InChI=1S/C14H19NO3/c1-17-14(16)12-6-4-11(5-7-12)10-18-13-3-2-8-15-9-13/h4-7,13,15H,2-3,8-10H2,1H3/t13-/m0/s1. The first-order valence-electron chi connectivity index (χ1n) is 6.29. The summed E-state index contributed by atoms with van der Waals surface area (Å²) in [6.45, 7) is 2.61. The van der Waals surface area contributed by atoms with Crippen molar-refractivity contribution in [1.29, 1.82) is 0 Å². The fourth-order valence-corrected chi connectivity index (χ4v) is 2.03. The maximum atomic E-state index is 11.3. The molecular formula is C14H19NO3. The molecule has 4 nitrogen and oxygen atoms in total. The molecule has 1 heterocycles. The fourth-order valence-electron chi connectivity index (χ4n) is 2.03. The lowest BCUT2D eigenvalue weighted by molar-refractivity contribution is 0.0252. The molecule has 0 radical (unpaired) electrons. The average Bonchev–Trinajstić information content (AvgIpc) is 2.46. The van der Waals surface area contributed by atoms with Crippen LogP contribution in [0.1, 0.15) is 28.8 Å². The van der Waals surface area contributed by atoms with Gasteiger partial charge in [-0.1, -0.05) is 12.1 Å². The average molecular weight is 249 g/mol. The number of methoxy groups -OCH3 is 1. The minimum absolute atomic E-state index is 0.305. The van der Waals surface area contributed by atoms with Gasteiger partial charge in [-0.05, 0) is 37.1 Å². The lowest BCUT2D eigenvalue weighted by Crippen LogP contribution is -2.35. The normalized spacial score (nSPS) is 19.5. The maximum absolute atomic E-state index is 11.3. The minimum Gasteiger partial charge on any atom is -0.465 e. The number of carbonyl (C=O) groups is 1. The molecule has 0 amide bonds. The predicted octanol–water partition coefficient (Wildman–Crippen LogP) is 1.74. The molecule has 0 spiro atoms. The molecule has 1 aliphatic heterocycles. The van der Waals surface area contributed by atoms with Gasteiger partial charge >= 0.3 is 5.97 Å². The Morgan fingerprint density at radius 1 is 1.39 bits per heavy atom. The predicted molar refractivity (Wildman–Crippen MR) is 68.5 cm³/mol. The van der Waals surface area contributed by atoms with Crippen molar-refractivity contribution in [3.63, 3.8) is 0 Å². The summed E-state index contributed by atoms with van der Waals surface area (Å²) >= 11 is 0. The van der Waals surface area contributed by atoms with Gasteiger partial charge in [0.15, 0.2) is 0 Å². The van der Waals surface area contributed by atoms with Crippen molar-refractivity contribution in [2.24, 2.45) is 0 Å². The first-order chi connectivity index (χ1) is 8.79. The third kappa shape index (κ3) is 3.55. The number of piperidine rings is 1. The number of hydrogen-bond acceptors (Lipinski definition) is 4. The van der Waals surface area contributed by atoms with Crippen LogP contribution in [0.2, 0.25) is 0 Å². The van der Waals surface area contributed by atoms with E-state index in [0.717, 1.165) is 25.1 Å². The van der Waals surface area contributed by atoms with Crippen LogP contribution in [-0.4, -0.2) is 32.3 Å². The molecule has 1 aromatic rings. The number of carbonyl (C=O) groups excluding carboxylic acids is 1. The van der Waals surface area contributed by atoms with Gasteiger partial charge in [-0.25, -0.2) is 4.79 Å². The van der Waals surface area contributed by atoms with Crippen LogP contribution in [0.15, 0.2) is 24.3 Å². The summed E-state index contributed by atoms with van der Waals surface area (Å²) in [5.41, 5.74) is 1.65. The second-order valence-electron chi connectivity index (χ2n) is 4.47. The SMILES string of the molecule is COC(=O)c1ccc(CO[C@H]2CCCNC2)cc1. The van der Waals surface area contributed by atoms with E-state index in [1.54, 1.807) is 12.1 Å². The lowest BCUT2D eigenvalue weighted by atomic mass is 10.1. The highest BCUT2D eigenvalue weighted by Gasteiger charge is 2.13. The van der Waals surface area contributed by atoms with Gasteiger partial charge in [0.2, 0.25) is 0 Å². The molecule has 18 heavy (non-hydrogen) atoms. The Hall–Kier alpha value is -1.39. The number of rotatable bonds is 4. The van der Waals surface area contributed by atoms with Gasteiger partial charge < -0.3 is 14.8 Å². The summed E-state index contributed by atoms with van der Waals surface area (Å²) in [6, 6.07) is 7.35. The van der Waals surface area contributed by atoms with Gasteiger partial charge in [0, 0.05) is 6.54 Å². The zero-order valence-corrected chi connectivity index (χ0v) is 10.6. The van der Waals surface area contributed by atoms with Crippen molar-refractivity contribution in [1.82, 2.24) is 5.32 Å². The summed E-state index contributed by atoms with van der Waals surface area (Å²) in [5.74, 6) is -0.307. The zero-order chi connectivity index (χ0) is 12.8. The molecule has 4 heteroatoms. The summed E-state index contributed by atoms with van der Waals surface area (Å²) < 4.78 is 10.5. The minimum atomic E-state index is -0.307. The molecule has 1 aromatic carbocycles. The smallest absolute Gasteiger partial charge is 0.337 e. The van der Waals surface area contributed by atoms with Crippen molar-refractivity contribution < 1.29 is 14.3 Å². The molecule has 1 saturated heterocycles. The van der Waals surface area contributed by atoms with E-state index in [0.29, 0.717) is 18.3 Å². The monoisotopic (exact) mass is 249 g/mol. The van der Waals surface area contributed by atoms with E-state index in [4.69, 9.17) is 4.74 Å². The van der Waals surface area contributed by atoms with E-state index in [1.165, 1.54) is 13.5 Å². The van der Waals surface area contributed by atoms with Gasteiger partial charge in [-0.15, -0.1) is 0 Å². The molecule has 0 aromatic heterocycles. The molecule has 1 atom stereocenters. The van der Waals surface area contributed by atoms with Crippen molar-refractivity contribution in [2.75, 3.05) is 20.2 Å². The molecule has 1 N–H and O–H groups in total. The van der Waals surface area contributed by atoms with Crippen molar-refractivity contribution in [3.8, 4) is 0 Å². The van der Waals surface area contributed by atoms with Crippen LogP contribution < -0.4 is 5.32 Å². The quantitative estimate of drug-likeness (QED) is 0.826. The summed E-state index contributed by atoms with van der Waals surface area (Å²) in [7, 11) is 1.38. The van der Waals surface area contributed by atoms with Crippen LogP contribution in [0.4, 0.5) is 0 Å².